The Hall–Kier alpha value is -3.00. The predicted octanol–water partition coefficient (Wildman–Crippen LogP) is 4.06. The zero-order valence-corrected chi connectivity index (χ0v) is 19.2. The fourth-order valence-corrected chi connectivity index (χ4v) is 5.72. The molecule has 1 aromatic heterocycles. The molecule has 1 aliphatic heterocycles. The molecule has 0 bridgehead atoms. The van der Waals surface area contributed by atoms with Gasteiger partial charge in [-0.15, -0.1) is 11.3 Å². The Morgan fingerprint density at radius 1 is 1.09 bits per heavy atom. The lowest BCUT2D eigenvalue weighted by molar-refractivity contribution is -0.121. The number of ether oxygens (including phenoxy) is 1. The minimum absolute atomic E-state index is 0.237. The zero-order valence-electron chi connectivity index (χ0n) is 18.4. The number of hydrogen-bond donors (Lipinski definition) is 1. The lowest BCUT2D eigenvalue weighted by Gasteiger charge is -2.28. The molecular weight excluding hydrogens is 428 g/mol. The maximum Gasteiger partial charge on any atom is 0.341 e. The van der Waals surface area contributed by atoms with E-state index < -0.39 is 29.7 Å². The standard InChI is InChI=1S/C24H26N2O5S/c1-4-31-24(30)18-16-11-7-8-12-17(16)32-21(18)25-20(27)19(13(2)3)26-22(28)14-9-5-6-10-15(14)23(26)29/h5-6,9-10,13,19H,4,7-8,11-12H2,1-3H3,(H,25,27)/t19-/m1/s1. The number of hydrogen-bond acceptors (Lipinski definition) is 6. The molecule has 7 nitrogen and oxygen atoms in total. The van der Waals surface area contributed by atoms with Crippen molar-refractivity contribution in [3.63, 3.8) is 0 Å². The van der Waals surface area contributed by atoms with Gasteiger partial charge in [0.05, 0.1) is 23.3 Å². The molecule has 0 saturated heterocycles. The first-order chi connectivity index (χ1) is 15.3. The van der Waals surface area contributed by atoms with Crippen LogP contribution in [0.25, 0.3) is 0 Å². The molecule has 1 atom stereocenters. The highest BCUT2D eigenvalue weighted by molar-refractivity contribution is 7.17. The first kappa shape index (κ1) is 22.2. The van der Waals surface area contributed by atoms with Crippen molar-refractivity contribution in [3.05, 3.63) is 51.4 Å². The number of rotatable bonds is 6. The third kappa shape index (κ3) is 3.72. The van der Waals surface area contributed by atoms with E-state index in [0.29, 0.717) is 21.7 Å². The third-order valence-electron chi connectivity index (χ3n) is 5.89. The molecule has 0 spiro atoms. The highest BCUT2D eigenvalue weighted by Gasteiger charge is 2.44. The maximum absolute atomic E-state index is 13.4. The van der Waals surface area contributed by atoms with E-state index in [4.69, 9.17) is 4.74 Å². The van der Waals surface area contributed by atoms with Crippen LogP contribution in [0.3, 0.4) is 0 Å². The van der Waals surface area contributed by atoms with E-state index in [1.54, 1.807) is 45.0 Å². The zero-order chi connectivity index (χ0) is 23.0. The summed E-state index contributed by atoms with van der Waals surface area (Å²) in [4.78, 5) is 54.2. The number of aryl methyl sites for hydroxylation is 1. The molecule has 0 fully saturated rings. The van der Waals surface area contributed by atoms with Gasteiger partial charge < -0.3 is 10.1 Å². The number of amides is 3. The van der Waals surface area contributed by atoms with Crippen LogP contribution in [-0.4, -0.2) is 41.2 Å². The van der Waals surface area contributed by atoms with Gasteiger partial charge in [-0.2, -0.15) is 0 Å². The summed E-state index contributed by atoms with van der Waals surface area (Å²) in [6.07, 6.45) is 3.64. The molecule has 2 aliphatic rings. The van der Waals surface area contributed by atoms with Crippen molar-refractivity contribution in [1.82, 2.24) is 4.90 Å². The Balaban J connectivity index is 1.67. The fraction of sp³-hybridized carbons (Fsp3) is 0.417. The SMILES string of the molecule is CCOC(=O)c1c(NC(=O)[C@@H](C(C)C)N2C(=O)c3ccccc3C2=O)sc2c1CCCC2. The van der Waals surface area contributed by atoms with Gasteiger partial charge in [0, 0.05) is 4.88 Å². The fourth-order valence-electron chi connectivity index (χ4n) is 4.44. The highest BCUT2D eigenvalue weighted by Crippen LogP contribution is 2.39. The van der Waals surface area contributed by atoms with E-state index in [0.717, 1.165) is 41.0 Å². The van der Waals surface area contributed by atoms with Gasteiger partial charge in [0.1, 0.15) is 11.0 Å². The Labute approximate surface area is 190 Å². The van der Waals surface area contributed by atoms with Crippen molar-refractivity contribution in [2.45, 2.75) is 52.5 Å². The molecule has 0 unspecified atom stereocenters. The molecule has 32 heavy (non-hydrogen) atoms. The Morgan fingerprint density at radius 2 is 1.72 bits per heavy atom. The predicted molar refractivity (Wildman–Crippen MR) is 121 cm³/mol. The first-order valence-corrected chi connectivity index (χ1v) is 11.8. The average Bonchev–Trinajstić information content (AvgIpc) is 3.24. The molecule has 1 aromatic carbocycles. The van der Waals surface area contributed by atoms with Crippen LogP contribution in [0, 0.1) is 5.92 Å². The van der Waals surface area contributed by atoms with Gasteiger partial charge in [0.25, 0.3) is 11.8 Å². The second kappa shape index (κ2) is 8.86. The first-order valence-electron chi connectivity index (χ1n) is 10.9. The summed E-state index contributed by atoms with van der Waals surface area (Å²) < 4.78 is 5.26. The van der Waals surface area contributed by atoms with E-state index in [-0.39, 0.29) is 12.5 Å². The van der Waals surface area contributed by atoms with Crippen molar-refractivity contribution < 1.29 is 23.9 Å². The topological polar surface area (TPSA) is 92.8 Å². The van der Waals surface area contributed by atoms with Crippen molar-refractivity contribution in [2.75, 3.05) is 11.9 Å². The van der Waals surface area contributed by atoms with E-state index in [1.165, 1.54) is 11.3 Å². The number of carbonyl (C=O) groups is 4. The number of benzene rings is 1. The summed E-state index contributed by atoms with van der Waals surface area (Å²) >= 11 is 1.38. The Morgan fingerprint density at radius 3 is 2.31 bits per heavy atom. The maximum atomic E-state index is 13.4. The normalized spacial score (nSPS) is 16.1. The molecule has 3 amide bonds. The molecule has 1 N–H and O–H groups in total. The minimum atomic E-state index is -1.00. The monoisotopic (exact) mass is 454 g/mol. The van der Waals surface area contributed by atoms with Crippen molar-refractivity contribution in [1.29, 1.82) is 0 Å². The van der Waals surface area contributed by atoms with E-state index in [1.807, 2.05) is 0 Å². The largest absolute Gasteiger partial charge is 0.462 e. The number of imide groups is 1. The number of fused-ring (bicyclic) bond motifs is 2. The average molecular weight is 455 g/mol. The van der Waals surface area contributed by atoms with Crippen LogP contribution in [-0.2, 0) is 22.4 Å². The van der Waals surface area contributed by atoms with E-state index in [2.05, 4.69) is 5.32 Å². The summed E-state index contributed by atoms with van der Waals surface area (Å²) in [6, 6.07) is 5.57. The lowest BCUT2D eigenvalue weighted by atomic mass is 9.95. The van der Waals surface area contributed by atoms with Crippen molar-refractivity contribution in [3.8, 4) is 0 Å². The molecule has 8 heteroatoms. The molecule has 168 valence electrons. The summed E-state index contributed by atoms with van der Waals surface area (Å²) in [5, 5.41) is 3.30. The molecule has 2 heterocycles. The summed E-state index contributed by atoms with van der Waals surface area (Å²) in [5.74, 6) is -2.22. The number of thiophene rings is 1. The molecule has 0 radical (unpaired) electrons. The summed E-state index contributed by atoms with van der Waals surface area (Å²) in [6.45, 7) is 5.56. The number of anilines is 1. The van der Waals surface area contributed by atoms with Gasteiger partial charge in [-0.1, -0.05) is 26.0 Å². The van der Waals surface area contributed by atoms with Crippen LogP contribution in [0.2, 0.25) is 0 Å². The third-order valence-corrected chi connectivity index (χ3v) is 7.10. The number of esters is 1. The van der Waals surface area contributed by atoms with Gasteiger partial charge in [-0.05, 0) is 56.2 Å². The van der Waals surface area contributed by atoms with Crippen LogP contribution >= 0.6 is 11.3 Å². The lowest BCUT2D eigenvalue weighted by Crippen LogP contribution is -2.50. The minimum Gasteiger partial charge on any atom is -0.462 e. The van der Waals surface area contributed by atoms with Crippen LogP contribution < -0.4 is 5.32 Å². The smallest absolute Gasteiger partial charge is 0.341 e. The number of carbonyl (C=O) groups excluding carboxylic acids is 4. The van der Waals surface area contributed by atoms with Gasteiger partial charge >= 0.3 is 5.97 Å². The van der Waals surface area contributed by atoms with Gasteiger partial charge in [-0.25, -0.2) is 4.79 Å². The molecule has 1 aliphatic carbocycles. The quantitative estimate of drug-likeness (QED) is 0.525. The van der Waals surface area contributed by atoms with Crippen molar-refractivity contribution in [2.24, 2.45) is 5.92 Å². The molecule has 4 rings (SSSR count). The highest BCUT2D eigenvalue weighted by atomic mass is 32.1. The van der Waals surface area contributed by atoms with Gasteiger partial charge in [0.2, 0.25) is 5.91 Å². The van der Waals surface area contributed by atoms with Crippen LogP contribution in [0.1, 0.15) is 75.1 Å². The number of nitrogens with one attached hydrogen (secondary N) is 1. The van der Waals surface area contributed by atoms with Crippen molar-refractivity contribution >= 4 is 40.0 Å². The van der Waals surface area contributed by atoms with Crippen LogP contribution in [0.4, 0.5) is 5.00 Å². The van der Waals surface area contributed by atoms with Crippen LogP contribution in [0.5, 0.6) is 0 Å². The van der Waals surface area contributed by atoms with E-state index in [9.17, 15) is 19.2 Å². The van der Waals surface area contributed by atoms with Gasteiger partial charge in [-0.3, -0.25) is 19.3 Å². The second-order valence-electron chi connectivity index (χ2n) is 8.34. The molecular formula is C24H26N2O5S. The summed E-state index contributed by atoms with van der Waals surface area (Å²) in [5.41, 5.74) is 1.95. The molecule has 2 aromatic rings. The Kier molecular flexibility index (Phi) is 6.15. The summed E-state index contributed by atoms with van der Waals surface area (Å²) in [7, 11) is 0. The molecule has 0 saturated carbocycles. The van der Waals surface area contributed by atoms with E-state index >= 15 is 0 Å². The Bertz CT molecular complexity index is 1070. The second-order valence-corrected chi connectivity index (χ2v) is 9.44. The van der Waals surface area contributed by atoms with Gasteiger partial charge in [0.15, 0.2) is 0 Å². The van der Waals surface area contributed by atoms with Crippen LogP contribution in [0.15, 0.2) is 24.3 Å². The number of nitrogens with zero attached hydrogens (tertiary/aromatic N) is 1.